The summed E-state index contributed by atoms with van der Waals surface area (Å²) in [5, 5.41) is 6.58. The first kappa shape index (κ1) is 35.2. The van der Waals surface area contributed by atoms with E-state index in [0.717, 1.165) is 105 Å². The third kappa shape index (κ3) is 5.55. The molecule has 0 aliphatic rings. The zero-order valence-corrected chi connectivity index (χ0v) is 33.9. The van der Waals surface area contributed by atoms with Crippen molar-refractivity contribution in [2.45, 2.75) is 0 Å². The predicted molar refractivity (Wildman–Crippen MR) is 258 cm³/mol. The normalized spacial score (nSPS) is 11.8. The van der Waals surface area contributed by atoms with Crippen molar-refractivity contribution in [3.05, 3.63) is 212 Å². The van der Waals surface area contributed by atoms with Crippen LogP contribution in [0.3, 0.4) is 0 Å². The summed E-state index contributed by atoms with van der Waals surface area (Å²) in [6.07, 6.45) is 0. The molecule has 9 aromatic carbocycles. The molecule has 13 rings (SSSR count). The van der Waals surface area contributed by atoms with Crippen LogP contribution in [0.15, 0.2) is 217 Å². The third-order valence-corrected chi connectivity index (χ3v) is 12.4. The number of para-hydroxylation sites is 4. The van der Waals surface area contributed by atoms with Crippen molar-refractivity contribution in [3.63, 3.8) is 0 Å². The molecule has 0 bridgehead atoms. The maximum absolute atomic E-state index is 6.58. The quantitative estimate of drug-likeness (QED) is 0.168. The molecule has 13 aromatic rings. The average Bonchev–Trinajstić information content (AvgIpc) is 4.03. The van der Waals surface area contributed by atoms with Gasteiger partial charge in [-0.2, -0.15) is 9.97 Å². The first-order chi connectivity index (χ1) is 31.2. The summed E-state index contributed by atoms with van der Waals surface area (Å²) in [6.45, 7) is 0. The molecule has 0 spiro atoms. The van der Waals surface area contributed by atoms with Crippen LogP contribution in [0.4, 0.5) is 0 Å². The van der Waals surface area contributed by atoms with E-state index in [2.05, 4.69) is 179 Å². The number of fused-ring (bicyclic) bond motifs is 10. The van der Waals surface area contributed by atoms with Gasteiger partial charge in [0, 0.05) is 43.6 Å². The molecule has 0 unspecified atom stereocenters. The molecule has 0 radical (unpaired) electrons. The highest BCUT2D eigenvalue weighted by Gasteiger charge is 2.25. The zero-order chi connectivity index (χ0) is 41.4. The molecule has 0 atom stereocenters. The van der Waals surface area contributed by atoms with Gasteiger partial charge in [0.15, 0.2) is 11.6 Å². The highest BCUT2D eigenvalue weighted by Crippen LogP contribution is 2.43. The summed E-state index contributed by atoms with van der Waals surface area (Å²) >= 11 is 0. The van der Waals surface area contributed by atoms with Gasteiger partial charge in [0.1, 0.15) is 11.2 Å². The van der Waals surface area contributed by atoms with Crippen molar-refractivity contribution < 1.29 is 4.42 Å². The summed E-state index contributed by atoms with van der Waals surface area (Å²) in [6, 6.07) is 74.6. The van der Waals surface area contributed by atoms with E-state index < -0.39 is 0 Å². The third-order valence-electron chi connectivity index (χ3n) is 12.4. The molecular weight excluding hydrogens is 771 g/mol. The highest BCUT2D eigenvalue weighted by atomic mass is 16.3. The van der Waals surface area contributed by atoms with Crippen molar-refractivity contribution in [2.24, 2.45) is 0 Å². The van der Waals surface area contributed by atoms with Crippen LogP contribution in [0.2, 0.25) is 0 Å². The standard InChI is InChI=1S/C57H35N5O/c1-4-17-36(18-5-1)39-33-40(37-19-6-2-7-20-37)35-41(34-39)61-49-28-13-10-23-42(49)45-31-32-46-43-24-11-14-29-50(43)62(53(46)52(45)61)57-59-55(38-21-8-3-9-22-38)58-56(60-57)48-27-16-26-47-44-25-12-15-30-51(44)63-54(47)48/h1-35H. The first-order valence-electron chi connectivity index (χ1n) is 21.2. The van der Waals surface area contributed by atoms with E-state index >= 15 is 0 Å². The maximum atomic E-state index is 6.58. The van der Waals surface area contributed by atoms with E-state index in [-0.39, 0.29) is 0 Å². The Morgan fingerprint density at radius 3 is 1.49 bits per heavy atom. The lowest BCUT2D eigenvalue weighted by Gasteiger charge is -2.16. The molecule has 6 nitrogen and oxygen atoms in total. The van der Waals surface area contributed by atoms with Crippen LogP contribution in [-0.2, 0) is 0 Å². The number of hydrogen-bond acceptors (Lipinski definition) is 4. The highest BCUT2D eigenvalue weighted by molar-refractivity contribution is 6.24. The van der Waals surface area contributed by atoms with Crippen LogP contribution in [0.1, 0.15) is 0 Å². The lowest BCUT2D eigenvalue weighted by atomic mass is 9.98. The second-order valence-corrected chi connectivity index (χ2v) is 16.0. The number of hydrogen-bond donors (Lipinski definition) is 0. The molecule has 0 saturated heterocycles. The van der Waals surface area contributed by atoms with Gasteiger partial charge in [0.25, 0.3) is 0 Å². The van der Waals surface area contributed by atoms with E-state index in [1.165, 1.54) is 0 Å². The molecule has 0 aliphatic carbocycles. The second-order valence-electron chi connectivity index (χ2n) is 16.0. The minimum atomic E-state index is 0.519. The van der Waals surface area contributed by atoms with Gasteiger partial charge >= 0.3 is 0 Å². The van der Waals surface area contributed by atoms with Crippen molar-refractivity contribution in [3.8, 4) is 56.7 Å². The Labute approximate surface area is 361 Å². The molecule has 0 fully saturated rings. The van der Waals surface area contributed by atoms with Crippen LogP contribution in [-0.4, -0.2) is 24.1 Å². The minimum Gasteiger partial charge on any atom is -0.455 e. The molecule has 4 heterocycles. The molecule has 4 aromatic heterocycles. The topological polar surface area (TPSA) is 61.7 Å². The molecular formula is C57H35N5O. The zero-order valence-electron chi connectivity index (χ0n) is 33.9. The molecule has 6 heteroatoms. The lowest BCUT2D eigenvalue weighted by molar-refractivity contribution is 0.669. The molecule has 0 N–H and O–H groups in total. The van der Waals surface area contributed by atoms with Gasteiger partial charge in [-0.3, -0.25) is 4.57 Å². The van der Waals surface area contributed by atoms with Crippen molar-refractivity contribution in [2.75, 3.05) is 0 Å². The number of rotatable bonds is 6. The minimum absolute atomic E-state index is 0.519. The summed E-state index contributed by atoms with van der Waals surface area (Å²) in [7, 11) is 0. The fourth-order valence-corrected chi connectivity index (χ4v) is 9.54. The van der Waals surface area contributed by atoms with E-state index in [1.807, 2.05) is 42.5 Å². The first-order valence-corrected chi connectivity index (χ1v) is 21.2. The van der Waals surface area contributed by atoms with Crippen molar-refractivity contribution >= 4 is 65.6 Å². The van der Waals surface area contributed by atoms with Crippen LogP contribution in [0, 0.1) is 0 Å². The van der Waals surface area contributed by atoms with Gasteiger partial charge in [0.2, 0.25) is 5.95 Å². The van der Waals surface area contributed by atoms with Gasteiger partial charge in [-0.1, -0.05) is 170 Å². The van der Waals surface area contributed by atoms with Crippen LogP contribution < -0.4 is 0 Å². The van der Waals surface area contributed by atoms with Crippen LogP contribution >= 0.6 is 0 Å². The molecule has 0 aliphatic heterocycles. The number of furan rings is 1. The molecule has 0 amide bonds. The monoisotopic (exact) mass is 805 g/mol. The SMILES string of the molecule is c1ccc(-c2cc(-c3ccccc3)cc(-n3c4ccccc4c4ccc5c6ccccc6n(-c6nc(-c7ccccc7)nc(-c7cccc8c7oc7ccccc78)n6)c5c43)c2)cc1. The fourth-order valence-electron chi connectivity index (χ4n) is 9.54. The average molecular weight is 806 g/mol. The van der Waals surface area contributed by atoms with Gasteiger partial charge < -0.3 is 8.98 Å². The van der Waals surface area contributed by atoms with E-state index in [1.54, 1.807) is 0 Å². The predicted octanol–water partition coefficient (Wildman–Crippen LogP) is 14.6. The van der Waals surface area contributed by atoms with Crippen LogP contribution in [0.5, 0.6) is 0 Å². The Bertz CT molecular complexity index is 3850. The maximum Gasteiger partial charge on any atom is 0.238 e. The number of nitrogens with zero attached hydrogens (tertiary/aromatic N) is 5. The summed E-state index contributed by atoms with van der Waals surface area (Å²) in [5.74, 6) is 1.63. The van der Waals surface area contributed by atoms with E-state index in [9.17, 15) is 0 Å². The smallest absolute Gasteiger partial charge is 0.238 e. The number of aromatic nitrogens is 5. The van der Waals surface area contributed by atoms with E-state index in [4.69, 9.17) is 19.4 Å². The Morgan fingerprint density at radius 1 is 0.333 bits per heavy atom. The van der Waals surface area contributed by atoms with Gasteiger partial charge in [-0.15, -0.1) is 0 Å². The van der Waals surface area contributed by atoms with Crippen LogP contribution in [0.25, 0.3) is 122 Å². The molecule has 294 valence electrons. The Kier molecular flexibility index (Phi) is 7.80. The molecule has 63 heavy (non-hydrogen) atoms. The summed E-state index contributed by atoms with van der Waals surface area (Å²) in [5.41, 5.74) is 13.1. The fraction of sp³-hybridized carbons (Fsp3) is 0. The second kappa shape index (κ2) is 14.0. The van der Waals surface area contributed by atoms with Gasteiger partial charge in [-0.25, -0.2) is 4.98 Å². The van der Waals surface area contributed by atoms with E-state index in [0.29, 0.717) is 17.6 Å². The Balaban J connectivity index is 1.16. The largest absolute Gasteiger partial charge is 0.455 e. The van der Waals surface area contributed by atoms with Crippen molar-refractivity contribution in [1.29, 1.82) is 0 Å². The Morgan fingerprint density at radius 2 is 0.841 bits per heavy atom. The summed E-state index contributed by atoms with van der Waals surface area (Å²) in [4.78, 5) is 16.0. The van der Waals surface area contributed by atoms with Gasteiger partial charge in [-0.05, 0) is 64.7 Å². The number of benzene rings is 9. The molecule has 0 saturated carbocycles. The van der Waals surface area contributed by atoms with Crippen molar-refractivity contribution in [1.82, 2.24) is 24.1 Å². The summed E-state index contributed by atoms with van der Waals surface area (Å²) < 4.78 is 11.3. The lowest BCUT2D eigenvalue weighted by Crippen LogP contribution is -2.07. The Hall–Kier alpha value is -8.61. The van der Waals surface area contributed by atoms with Gasteiger partial charge in [0.05, 0.1) is 27.6 Å².